The maximum atomic E-state index is 11.8. The molecule has 1 rings (SSSR count). The minimum atomic E-state index is -0.361. The van der Waals surface area contributed by atoms with Crippen molar-refractivity contribution in [1.29, 1.82) is 0 Å². The number of carbonyl (C=O) groups excluding carboxylic acids is 2. The Morgan fingerprint density at radius 1 is 1.21 bits per heavy atom. The lowest BCUT2D eigenvalue weighted by molar-refractivity contribution is -0.140. The molecule has 0 unspecified atom stereocenters. The Hall–Kier alpha value is -1.55. The van der Waals surface area contributed by atoms with Gasteiger partial charge in [0.1, 0.15) is 0 Å². The number of hydrogen-bond acceptors (Lipinski definition) is 4. The SMILES string of the molecule is COC(=O)CCC(=O)c1ccc(C=CCCS)cc1. The predicted molar refractivity (Wildman–Crippen MR) is 79.5 cm³/mol. The zero-order valence-corrected chi connectivity index (χ0v) is 11.9. The van der Waals surface area contributed by atoms with Gasteiger partial charge < -0.3 is 4.74 Å². The number of rotatable bonds is 7. The van der Waals surface area contributed by atoms with Gasteiger partial charge in [-0.05, 0) is 17.7 Å². The molecule has 0 aliphatic carbocycles. The van der Waals surface area contributed by atoms with Gasteiger partial charge in [-0.3, -0.25) is 9.59 Å². The summed E-state index contributed by atoms with van der Waals surface area (Å²) in [5.74, 6) is 0.414. The Balaban J connectivity index is 2.55. The monoisotopic (exact) mass is 278 g/mol. The quantitative estimate of drug-likeness (QED) is 0.473. The maximum Gasteiger partial charge on any atom is 0.305 e. The molecule has 0 atom stereocenters. The lowest BCUT2D eigenvalue weighted by Crippen LogP contribution is -2.05. The number of hydrogen-bond donors (Lipinski definition) is 1. The van der Waals surface area contributed by atoms with Crippen LogP contribution in [0.1, 0.15) is 35.2 Å². The molecule has 0 aromatic heterocycles. The van der Waals surface area contributed by atoms with Gasteiger partial charge in [0.15, 0.2) is 5.78 Å². The highest BCUT2D eigenvalue weighted by atomic mass is 32.1. The molecule has 19 heavy (non-hydrogen) atoms. The van der Waals surface area contributed by atoms with E-state index in [9.17, 15) is 9.59 Å². The van der Waals surface area contributed by atoms with Crippen molar-refractivity contribution in [2.45, 2.75) is 19.3 Å². The van der Waals surface area contributed by atoms with E-state index in [2.05, 4.69) is 17.4 Å². The number of Topliss-reactive ketones (excluding diaryl/α,β-unsaturated/α-hetero) is 1. The first-order valence-corrected chi connectivity index (χ1v) is 6.78. The van der Waals surface area contributed by atoms with Gasteiger partial charge in [0.2, 0.25) is 0 Å². The molecule has 0 aliphatic heterocycles. The second-order valence-electron chi connectivity index (χ2n) is 4.04. The van der Waals surface area contributed by atoms with E-state index in [1.807, 2.05) is 24.3 Å². The average molecular weight is 278 g/mol. The lowest BCUT2D eigenvalue weighted by Gasteiger charge is -2.01. The van der Waals surface area contributed by atoms with E-state index < -0.39 is 0 Å². The van der Waals surface area contributed by atoms with Crippen molar-refractivity contribution in [2.24, 2.45) is 0 Å². The Labute approximate surface area is 119 Å². The molecule has 4 heteroatoms. The number of thiol groups is 1. The first-order valence-electron chi connectivity index (χ1n) is 6.15. The standard InChI is InChI=1S/C15H18O3S/c1-18-15(17)10-9-14(16)13-7-5-12(6-8-13)4-2-3-11-19/h2,4-8,19H,3,9-11H2,1H3. The Bertz CT molecular complexity index is 449. The summed E-state index contributed by atoms with van der Waals surface area (Å²) in [5, 5.41) is 0. The van der Waals surface area contributed by atoms with E-state index in [4.69, 9.17) is 0 Å². The number of allylic oxidation sites excluding steroid dienone is 1. The third-order valence-corrected chi connectivity index (χ3v) is 2.88. The summed E-state index contributed by atoms with van der Waals surface area (Å²) in [6.45, 7) is 0. The van der Waals surface area contributed by atoms with Crippen molar-refractivity contribution in [3.8, 4) is 0 Å². The van der Waals surface area contributed by atoms with Gasteiger partial charge in [0.25, 0.3) is 0 Å². The number of benzene rings is 1. The van der Waals surface area contributed by atoms with Crippen LogP contribution in [0.5, 0.6) is 0 Å². The highest BCUT2D eigenvalue weighted by Crippen LogP contribution is 2.10. The number of ketones is 1. The van der Waals surface area contributed by atoms with Crippen molar-refractivity contribution in [3.63, 3.8) is 0 Å². The Morgan fingerprint density at radius 2 is 1.89 bits per heavy atom. The van der Waals surface area contributed by atoms with Gasteiger partial charge >= 0.3 is 5.97 Å². The van der Waals surface area contributed by atoms with Gasteiger partial charge in [-0.25, -0.2) is 0 Å². The van der Waals surface area contributed by atoms with E-state index in [0.717, 1.165) is 17.7 Å². The molecular weight excluding hydrogens is 260 g/mol. The van der Waals surface area contributed by atoms with Gasteiger partial charge in [-0.15, -0.1) is 0 Å². The zero-order chi connectivity index (χ0) is 14.1. The highest BCUT2D eigenvalue weighted by Gasteiger charge is 2.08. The van der Waals surface area contributed by atoms with Crippen LogP contribution in [-0.4, -0.2) is 24.6 Å². The van der Waals surface area contributed by atoms with Gasteiger partial charge in [0, 0.05) is 12.0 Å². The second-order valence-corrected chi connectivity index (χ2v) is 4.48. The van der Waals surface area contributed by atoms with E-state index >= 15 is 0 Å². The summed E-state index contributed by atoms with van der Waals surface area (Å²) in [4.78, 5) is 22.8. The fourth-order valence-electron chi connectivity index (χ4n) is 1.54. The van der Waals surface area contributed by atoms with Crippen LogP contribution in [0, 0.1) is 0 Å². The number of ether oxygens (including phenoxy) is 1. The number of esters is 1. The van der Waals surface area contributed by atoms with E-state index in [0.29, 0.717) is 5.56 Å². The number of methoxy groups -OCH3 is 1. The van der Waals surface area contributed by atoms with Crippen LogP contribution in [0.4, 0.5) is 0 Å². The molecule has 0 amide bonds. The average Bonchev–Trinajstić information content (AvgIpc) is 2.45. The first-order chi connectivity index (χ1) is 9.17. The van der Waals surface area contributed by atoms with Crippen LogP contribution in [0.15, 0.2) is 30.3 Å². The van der Waals surface area contributed by atoms with Gasteiger partial charge in [-0.1, -0.05) is 36.4 Å². The van der Waals surface area contributed by atoms with Crippen LogP contribution >= 0.6 is 12.6 Å². The first kappa shape index (κ1) is 15.5. The van der Waals surface area contributed by atoms with Crippen LogP contribution < -0.4 is 0 Å². The minimum absolute atomic E-state index is 0.0451. The summed E-state index contributed by atoms with van der Waals surface area (Å²) in [7, 11) is 1.32. The van der Waals surface area contributed by atoms with E-state index in [1.54, 1.807) is 12.1 Å². The van der Waals surface area contributed by atoms with Crippen molar-refractivity contribution in [1.82, 2.24) is 0 Å². The fourth-order valence-corrected chi connectivity index (χ4v) is 1.69. The molecule has 0 fully saturated rings. The Kier molecular flexibility index (Phi) is 6.97. The molecule has 0 saturated carbocycles. The minimum Gasteiger partial charge on any atom is -0.469 e. The zero-order valence-electron chi connectivity index (χ0n) is 11.0. The maximum absolute atomic E-state index is 11.8. The molecule has 0 aliphatic rings. The molecule has 1 aromatic carbocycles. The molecular formula is C15H18O3S. The van der Waals surface area contributed by atoms with E-state index in [1.165, 1.54) is 7.11 Å². The topological polar surface area (TPSA) is 43.4 Å². The van der Waals surface area contributed by atoms with Crippen LogP contribution in [0.25, 0.3) is 6.08 Å². The van der Waals surface area contributed by atoms with Crippen LogP contribution in [0.2, 0.25) is 0 Å². The van der Waals surface area contributed by atoms with Crippen LogP contribution in [-0.2, 0) is 9.53 Å². The third kappa shape index (κ3) is 5.75. The molecule has 102 valence electrons. The summed E-state index contributed by atoms with van der Waals surface area (Å²) in [6, 6.07) is 7.33. The molecule has 0 saturated heterocycles. The van der Waals surface area contributed by atoms with Crippen molar-refractivity contribution in [2.75, 3.05) is 12.9 Å². The summed E-state index contributed by atoms with van der Waals surface area (Å²) in [6.07, 6.45) is 5.27. The molecule has 0 bridgehead atoms. The van der Waals surface area contributed by atoms with Gasteiger partial charge in [-0.2, -0.15) is 12.6 Å². The highest BCUT2D eigenvalue weighted by molar-refractivity contribution is 7.80. The van der Waals surface area contributed by atoms with Crippen molar-refractivity contribution >= 4 is 30.5 Å². The van der Waals surface area contributed by atoms with Crippen molar-refractivity contribution in [3.05, 3.63) is 41.5 Å². The largest absolute Gasteiger partial charge is 0.469 e. The molecule has 3 nitrogen and oxygen atoms in total. The van der Waals surface area contributed by atoms with Gasteiger partial charge in [0.05, 0.1) is 13.5 Å². The van der Waals surface area contributed by atoms with Crippen molar-refractivity contribution < 1.29 is 14.3 Å². The molecule has 1 aromatic rings. The summed E-state index contributed by atoms with van der Waals surface area (Å²) < 4.78 is 4.50. The fraction of sp³-hybridized carbons (Fsp3) is 0.333. The van der Waals surface area contributed by atoms with Crippen LogP contribution in [0.3, 0.4) is 0 Å². The molecule has 0 heterocycles. The number of carbonyl (C=O) groups is 2. The third-order valence-electron chi connectivity index (χ3n) is 2.62. The second kappa shape index (κ2) is 8.53. The molecule has 0 N–H and O–H groups in total. The summed E-state index contributed by atoms with van der Waals surface area (Å²) in [5.41, 5.74) is 1.67. The Morgan fingerprint density at radius 3 is 2.47 bits per heavy atom. The molecule has 0 spiro atoms. The molecule has 0 radical (unpaired) electrons. The normalized spacial score (nSPS) is 10.6. The van der Waals surface area contributed by atoms with E-state index in [-0.39, 0.29) is 24.6 Å². The smallest absolute Gasteiger partial charge is 0.305 e. The predicted octanol–water partition coefficient (Wildman–Crippen LogP) is 3.16. The summed E-state index contributed by atoms with van der Waals surface area (Å²) >= 11 is 4.12. The lowest BCUT2D eigenvalue weighted by atomic mass is 10.0.